The molecule has 1 saturated carbocycles. The van der Waals surface area contributed by atoms with Gasteiger partial charge in [0.25, 0.3) is 5.91 Å². The number of amides is 1. The van der Waals surface area contributed by atoms with E-state index in [0.717, 1.165) is 37.9 Å². The van der Waals surface area contributed by atoms with Crippen molar-refractivity contribution in [3.05, 3.63) is 47.7 Å². The maximum absolute atomic E-state index is 13.3. The average Bonchev–Trinajstić information content (AvgIpc) is 3.43. The van der Waals surface area contributed by atoms with Crippen LogP contribution in [0.3, 0.4) is 0 Å². The van der Waals surface area contributed by atoms with Gasteiger partial charge in [0.05, 0.1) is 0 Å². The predicted molar refractivity (Wildman–Crippen MR) is 92.7 cm³/mol. The van der Waals surface area contributed by atoms with Gasteiger partial charge in [-0.1, -0.05) is 31.0 Å². The number of rotatable bonds is 2. The van der Waals surface area contributed by atoms with Gasteiger partial charge < -0.3 is 14.1 Å². The van der Waals surface area contributed by atoms with E-state index in [0.29, 0.717) is 18.1 Å². The van der Waals surface area contributed by atoms with E-state index in [9.17, 15) is 4.79 Å². The maximum atomic E-state index is 13.3. The Hall–Kier alpha value is -2.14. The van der Waals surface area contributed by atoms with E-state index in [1.165, 1.54) is 24.8 Å². The second-order valence-corrected chi connectivity index (χ2v) is 7.46. The zero-order chi connectivity index (χ0) is 16.9. The first kappa shape index (κ1) is 15.1. The van der Waals surface area contributed by atoms with Crippen molar-refractivity contribution in [1.82, 2.24) is 4.98 Å². The largest absolute Gasteiger partial charge is 0.445 e. The van der Waals surface area contributed by atoms with Crippen molar-refractivity contribution in [1.29, 1.82) is 0 Å². The summed E-state index contributed by atoms with van der Waals surface area (Å²) in [6.07, 6.45) is 7.90. The maximum Gasteiger partial charge on any atom is 0.280 e. The summed E-state index contributed by atoms with van der Waals surface area (Å²) in [4.78, 5) is 19.5. The highest BCUT2D eigenvalue weighted by Gasteiger charge is 2.47. The van der Waals surface area contributed by atoms with Gasteiger partial charge in [-0.25, -0.2) is 4.98 Å². The standard InChI is InChI=1S/C20H22N2O3/c23-19(17-18(25-13-21-17)16-8-5-11-24-16)22-12-20(9-3-4-10-20)14-6-1-2-7-15(14)22/h1-2,6-7,13,16H,3-5,8-12H2/t16-/m0/s1. The van der Waals surface area contributed by atoms with Gasteiger partial charge >= 0.3 is 0 Å². The number of para-hydroxylation sites is 1. The number of benzene rings is 1. The fourth-order valence-corrected chi connectivity index (χ4v) is 4.85. The smallest absolute Gasteiger partial charge is 0.280 e. The molecule has 130 valence electrons. The van der Waals surface area contributed by atoms with Crippen molar-refractivity contribution in [2.45, 2.75) is 50.0 Å². The molecule has 0 N–H and O–H groups in total. The van der Waals surface area contributed by atoms with Gasteiger partial charge in [-0.3, -0.25) is 4.79 Å². The van der Waals surface area contributed by atoms with Crippen LogP contribution in [0.15, 0.2) is 35.1 Å². The number of oxazole rings is 1. The Morgan fingerprint density at radius 1 is 1.20 bits per heavy atom. The molecule has 1 aromatic heterocycles. The van der Waals surface area contributed by atoms with Gasteiger partial charge in [0, 0.05) is 24.3 Å². The summed E-state index contributed by atoms with van der Waals surface area (Å²) in [7, 11) is 0. The number of carbonyl (C=O) groups excluding carboxylic acids is 1. The number of hydrogen-bond donors (Lipinski definition) is 0. The fourth-order valence-electron chi connectivity index (χ4n) is 4.85. The monoisotopic (exact) mass is 338 g/mol. The Bertz CT molecular complexity index is 801. The molecule has 1 aliphatic carbocycles. The number of ether oxygens (including phenoxy) is 1. The van der Waals surface area contributed by atoms with Crippen LogP contribution in [0.5, 0.6) is 0 Å². The molecule has 1 saturated heterocycles. The highest BCUT2D eigenvalue weighted by atomic mass is 16.5. The lowest BCUT2D eigenvalue weighted by molar-refractivity contribution is 0.0876. The van der Waals surface area contributed by atoms with Crippen LogP contribution in [0.4, 0.5) is 5.69 Å². The molecule has 5 rings (SSSR count). The van der Waals surface area contributed by atoms with E-state index < -0.39 is 0 Å². The topological polar surface area (TPSA) is 55.6 Å². The molecule has 5 nitrogen and oxygen atoms in total. The van der Waals surface area contributed by atoms with Crippen LogP contribution < -0.4 is 4.90 Å². The Labute approximate surface area is 147 Å². The van der Waals surface area contributed by atoms with Gasteiger partial charge in [0.1, 0.15) is 6.10 Å². The Morgan fingerprint density at radius 2 is 2.04 bits per heavy atom. The normalized spacial score (nSPS) is 24.2. The van der Waals surface area contributed by atoms with Crippen molar-refractivity contribution in [2.75, 3.05) is 18.1 Å². The van der Waals surface area contributed by atoms with E-state index in [2.05, 4.69) is 23.2 Å². The molecule has 2 aromatic rings. The average molecular weight is 338 g/mol. The second-order valence-electron chi connectivity index (χ2n) is 7.46. The van der Waals surface area contributed by atoms with Crippen LogP contribution in [-0.2, 0) is 10.2 Å². The Kier molecular flexibility index (Phi) is 3.45. The summed E-state index contributed by atoms with van der Waals surface area (Å²) >= 11 is 0. The third-order valence-electron chi connectivity index (χ3n) is 6.05. The molecule has 3 aliphatic rings. The molecule has 2 fully saturated rings. The van der Waals surface area contributed by atoms with Crippen molar-refractivity contribution in [2.24, 2.45) is 0 Å². The van der Waals surface area contributed by atoms with Gasteiger partial charge in [-0.2, -0.15) is 0 Å². The van der Waals surface area contributed by atoms with E-state index in [-0.39, 0.29) is 17.4 Å². The summed E-state index contributed by atoms with van der Waals surface area (Å²) in [6.45, 7) is 1.47. The number of fused-ring (bicyclic) bond motifs is 2. The summed E-state index contributed by atoms with van der Waals surface area (Å²) in [5.41, 5.74) is 2.90. The molecule has 2 aliphatic heterocycles. The Balaban J connectivity index is 1.52. The minimum atomic E-state index is -0.139. The molecule has 1 amide bonds. The van der Waals surface area contributed by atoms with Crippen LogP contribution in [0.25, 0.3) is 0 Å². The number of nitrogens with zero attached hydrogens (tertiary/aromatic N) is 2. The highest BCUT2D eigenvalue weighted by Crippen LogP contribution is 2.50. The number of anilines is 1. The molecule has 3 heterocycles. The minimum Gasteiger partial charge on any atom is -0.445 e. The highest BCUT2D eigenvalue weighted by molar-refractivity contribution is 6.07. The number of carbonyl (C=O) groups is 1. The van der Waals surface area contributed by atoms with Crippen LogP contribution >= 0.6 is 0 Å². The third-order valence-corrected chi connectivity index (χ3v) is 6.05. The molecular formula is C20H22N2O3. The predicted octanol–water partition coefficient (Wildman–Crippen LogP) is 4.00. The van der Waals surface area contributed by atoms with E-state index in [1.54, 1.807) is 0 Å². The third kappa shape index (κ3) is 2.25. The summed E-state index contributed by atoms with van der Waals surface area (Å²) in [5, 5.41) is 0. The Morgan fingerprint density at radius 3 is 2.84 bits per heavy atom. The molecule has 1 spiro atoms. The van der Waals surface area contributed by atoms with E-state index in [4.69, 9.17) is 9.15 Å². The lowest BCUT2D eigenvalue weighted by Crippen LogP contribution is -2.36. The zero-order valence-electron chi connectivity index (χ0n) is 14.2. The van der Waals surface area contributed by atoms with Crippen LogP contribution in [0, 0.1) is 0 Å². The molecule has 0 radical (unpaired) electrons. The quantitative estimate of drug-likeness (QED) is 0.830. The fraction of sp³-hybridized carbons (Fsp3) is 0.500. The molecule has 1 aromatic carbocycles. The first-order chi connectivity index (χ1) is 12.3. The van der Waals surface area contributed by atoms with E-state index >= 15 is 0 Å². The molecule has 5 heteroatoms. The molecule has 25 heavy (non-hydrogen) atoms. The first-order valence-corrected chi connectivity index (χ1v) is 9.25. The van der Waals surface area contributed by atoms with Gasteiger partial charge in [0.15, 0.2) is 17.8 Å². The molecule has 1 atom stereocenters. The zero-order valence-corrected chi connectivity index (χ0v) is 14.2. The van der Waals surface area contributed by atoms with Gasteiger partial charge in [-0.05, 0) is 37.3 Å². The van der Waals surface area contributed by atoms with Crippen LogP contribution in [0.2, 0.25) is 0 Å². The number of aromatic nitrogens is 1. The van der Waals surface area contributed by atoms with Crippen molar-refractivity contribution < 1.29 is 13.9 Å². The summed E-state index contributed by atoms with van der Waals surface area (Å²) < 4.78 is 11.3. The van der Waals surface area contributed by atoms with Crippen molar-refractivity contribution in [3.63, 3.8) is 0 Å². The summed E-state index contributed by atoms with van der Waals surface area (Å²) in [5.74, 6) is 0.530. The molecule has 0 unspecified atom stereocenters. The SMILES string of the molecule is O=C(c1ncoc1[C@@H]1CCCO1)N1CC2(CCCC2)c2ccccc21. The molecule has 0 bridgehead atoms. The van der Waals surface area contributed by atoms with Crippen LogP contribution in [-0.4, -0.2) is 24.0 Å². The molecular weight excluding hydrogens is 316 g/mol. The van der Waals surface area contributed by atoms with Gasteiger partial charge in [-0.15, -0.1) is 0 Å². The van der Waals surface area contributed by atoms with Gasteiger partial charge in [0.2, 0.25) is 0 Å². The van der Waals surface area contributed by atoms with Crippen LogP contribution in [0.1, 0.15) is 66.4 Å². The first-order valence-electron chi connectivity index (χ1n) is 9.25. The summed E-state index contributed by atoms with van der Waals surface area (Å²) in [6, 6.07) is 8.35. The van der Waals surface area contributed by atoms with Crippen molar-refractivity contribution >= 4 is 11.6 Å². The number of hydrogen-bond acceptors (Lipinski definition) is 4. The van der Waals surface area contributed by atoms with E-state index in [1.807, 2.05) is 11.0 Å². The lowest BCUT2D eigenvalue weighted by atomic mass is 9.81. The lowest BCUT2D eigenvalue weighted by Gasteiger charge is -2.24. The second kappa shape index (κ2) is 5.70. The van der Waals surface area contributed by atoms with Crippen molar-refractivity contribution in [3.8, 4) is 0 Å². The minimum absolute atomic E-state index is 0.0597.